The summed E-state index contributed by atoms with van der Waals surface area (Å²) in [4.78, 5) is 40.0. The molecule has 0 spiro atoms. The van der Waals surface area contributed by atoms with Gasteiger partial charge in [-0.1, -0.05) is 31.4 Å². The van der Waals surface area contributed by atoms with E-state index in [2.05, 4.69) is 10.6 Å². The number of carbonyl (C=O) groups excluding carboxylic acids is 3. The van der Waals surface area contributed by atoms with Gasteiger partial charge in [0.25, 0.3) is 5.91 Å². The lowest BCUT2D eigenvalue weighted by atomic mass is 9.95. The SMILES string of the molecule is COc1ccc(N2C[C@@H](C(=O)Nc3ccccc3C(=O)NC3CCCCC3)CC2=O)cc1. The van der Waals surface area contributed by atoms with Crippen LogP contribution in [0, 0.1) is 5.92 Å². The van der Waals surface area contributed by atoms with E-state index in [1.807, 2.05) is 12.1 Å². The van der Waals surface area contributed by atoms with Crippen LogP contribution in [0.4, 0.5) is 11.4 Å². The topological polar surface area (TPSA) is 87.7 Å². The number of nitrogens with zero attached hydrogens (tertiary/aromatic N) is 1. The molecule has 1 aliphatic heterocycles. The second-order valence-electron chi connectivity index (χ2n) is 8.45. The number of amides is 3. The molecule has 1 atom stereocenters. The summed E-state index contributed by atoms with van der Waals surface area (Å²) in [5.41, 5.74) is 1.65. The summed E-state index contributed by atoms with van der Waals surface area (Å²) in [5.74, 6) is -0.307. The highest BCUT2D eigenvalue weighted by molar-refractivity contribution is 6.07. The summed E-state index contributed by atoms with van der Waals surface area (Å²) < 4.78 is 5.16. The molecule has 1 heterocycles. The minimum absolute atomic E-state index is 0.0985. The molecule has 32 heavy (non-hydrogen) atoms. The number of benzene rings is 2. The van der Waals surface area contributed by atoms with Crippen LogP contribution in [0.25, 0.3) is 0 Å². The van der Waals surface area contributed by atoms with Gasteiger partial charge in [-0.15, -0.1) is 0 Å². The summed E-state index contributed by atoms with van der Waals surface area (Å²) in [6, 6.07) is 14.4. The van der Waals surface area contributed by atoms with Crippen molar-refractivity contribution in [3.63, 3.8) is 0 Å². The largest absolute Gasteiger partial charge is 0.497 e. The fourth-order valence-electron chi connectivity index (χ4n) is 4.43. The number of hydrogen-bond acceptors (Lipinski definition) is 4. The van der Waals surface area contributed by atoms with Crippen molar-refractivity contribution >= 4 is 29.1 Å². The Morgan fingerprint density at radius 2 is 1.72 bits per heavy atom. The molecule has 1 aliphatic carbocycles. The zero-order valence-electron chi connectivity index (χ0n) is 18.3. The van der Waals surface area contributed by atoms with Gasteiger partial charge in [-0.2, -0.15) is 0 Å². The van der Waals surface area contributed by atoms with Crippen molar-refractivity contribution in [3.05, 3.63) is 54.1 Å². The van der Waals surface area contributed by atoms with Gasteiger partial charge in [-0.3, -0.25) is 14.4 Å². The van der Waals surface area contributed by atoms with Crippen LogP contribution < -0.4 is 20.3 Å². The monoisotopic (exact) mass is 435 g/mol. The van der Waals surface area contributed by atoms with Crippen molar-refractivity contribution in [1.82, 2.24) is 5.32 Å². The van der Waals surface area contributed by atoms with Gasteiger partial charge in [0.1, 0.15) is 5.75 Å². The lowest BCUT2D eigenvalue weighted by Crippen LogP contribution is -2.36. The molecule has 2 aliphatic rings. The van der Waals surface area contributed by atoms with Crippen molar-refractivity contribution in [3.8, 4) is 5.75 Å². The minimum atomic E-state index is -0.487. The molecule has 168 valence electrons. The molecule has 0 radical (unpaired) electrons. The van der Waals surface area contributed by atoms with Crippen LogP contribution in [-0.4, -0.2) is 37.4 Å². The molecule has 1 saturated carbocycles. The van der Waals surface area contributed by atoms with E-state index in [9.17, 15) is 14.4 Å². The summed E-state index contributed by atoms with van der Waals surface area (Å²) in [7, 11) is 1.59. The van der Waals surface area contributed by atoms with E-state index >= 15 is 0 Å². The lowest BCUT2D eigenvalue weighted by Gasteiger charge is -2.23. The van der Waals surface area contributed by atoms with E-state index in [1.54, 1.807) is 48.4 Å². The average molecular weight is 436 g/mol. The van der Waals surface area contributed by atoms with Gasteiger partial charge in [0.15, 0.2) is 0 Å². The summed E-state index contributed by atoms with van der Waals surface area (Å²) in [6.45, 7) is 0.299. The van der Waals surface area contributed by atoms with Crippen molar-refractivity contribution in [2.24, 2.45) is 5.92 Å². The van der Waals surface area contributed by atoms with Gasteiger partial charge in [-0.25, -0.2) is 0 Å². The molecule has 2 fully saturated rings. The first-order valence-corrected chi connectivity index (χ1v) is 11.2. The maximum atomic E-state index is 13.0. The van der Waals surface area contributed by atoms with Gasteiger partial charge in [0.2, 0.25) is 11.8 Å². The Kier molecular flexibility index (Phi) is 6.73. The number of methoxy groups -OCH3 is 1. The van der Waals surface area contributed by atoms with E-state index < -0.39 is 5.92 Å². The number of carbonyl (C=O) groups is 3. The second kappa shape index (κ2) is 9.85. The van der Waals surface area contributed by atoms with Crippen molar-refractivity contribution in [1.29, 1.82) is 0 Å². The van der Waals surface area contributed by atoms with Crippen LogP contribution >= 0.6 is 0 Å². The Balaban J connectivity index is 1.41. The molecule has 7 nitrogen and oxygen atoms in total. The maximum Gasteiger partial charge on any atom is 0.253 e. The molecule has 7 heteroatoms. The zero-order chi connectivity index (χ0) is 22.5. The highest BCUT2D eigenvalue weighted by Crippen LogP contribution is 2.28. The highest BCUT2D eigenvalue weighted by atomic mass is 16.5. The summed E-state index contributed by atoms with van der Waals surface area (Å²) in [6.07, 6.45) is 5.59. The Bertz CT molecular complexity index is 983. The first kappa shape index (κ1) is 21.9. The normalized spacial score (nSPS) is 19.0. The van der Waals surface area contributed by atoms with Crippen molar-refractivity contribution in [2.45, 2.75) is 44.6 Å². The molecular formula is C25H29N3O4. The smallest absolute Gasteiger partial charge is 0.253 e. The van der Waals surface area contributed by atoms with E-state index in [4.69, 9.17) is 4.74 Å². The summed E-state index contributed by atoms with van der Waals surface area (Å²) in [5, 5.41) is 5.98. The lowest BCUT2D eigenvalue weighted by molar-refractivity contribution is -0.122. The third kappa shape index (κ3) is 4.93. The number of rotatable bonds is 6. The van der Waals surface area contributed by atoms with Crippen LogP contribution in [0.15, 0.2) is 48.5 Å². The molecule has 2 N–H and O–H groups in total. The van der Waals surface area contributed by atoms with E-state index in [-0.39, 0.29) is 30.2 Å². The Labute approximate surface area is 188 Å². The van der Waals surface area contributed by atoms with Gasteiger partial charge in [-0.05, 0) is 49.2 Å². The molecule has 3 amide bonds. The van der Waals surface area contributed by atoms with Crippen molar-refractivity contribution in [2.75, 3.05) is 23.9 Å². The molecule has 0 unspecified atom stereocenters. The second-order valence-corrected chi connectivity index (χ2v) is 8.45. The third-order valence-electron chi connectivity index (χ3n) is 6.25. The highest BCUT2D eigenvalue weighted by Gasteiger charge is 2.35. The molecule has 2 aromatic rings. The molecule has 0 bridgehead atoms. The van der Waals surface area contributed by atoms with Crippen LogP contribution in [0.3, 0.4) is 0 Å². The number of ether oxygens (including phenoxy) is 1. The summed E-state index contributed by atoms with van der Waals surface area (Å²) >= 11 is 0. The molecule has 1 saturated heterocycles. The van der Waals surface area contributed by atoms with Crippen LogP contribution in [0.2, 0.25) is 0 Å². The van der Waals surface area contributed by atoms with E-state index in [0.717, 1.165) is 31.4 Å². The Hall–Kier alpha value is -3.35. The van der Waals surface area contributed by atoms with Crippen LogP contribution in [-0.2, 0) is 9.59 Å². The maximum absolute atomic E-state index is 13.0. The van der Waals surface area contributed by atoms with E-state index in [1.165, 1.54) is 6.42 Å². The average Bonchev–Trinajstić information content (AvgIpc) is 3.22. The molecular weight excluding hydrogens is 406 g/mol. The predicted octanol–water partition coefficient (Wildman–Crippen LogP) is 3.75. The van der Waals surface area contributed by atoms with E-state index in [0.29, 0.717) is 23.5 Å². The number of hydrogen-bond donors (Lipinski definition) is 2. The predicted molar refractivity (Wildman–Crippen MR) is 123 cm³/mol. The fraction of sp³-hybridized carbons (Fsp3) is 0.400. The van der Waals surface area contributed by atoms with Crippen LogP contribution in [0.1, 0.15) is 48.9 Å². The number of anilines is 2. The Morgan fingerprint density at radius 3 is 2.44 bits per heavy atom. The molecule has 0 aromatic heterocycles. The zero-order valence-corrected chi connectivity index (χ0v) is 18.3. The fourth-order valence-corrected chi connectivity index (χ4v) is 4.43. The molecule has 2 aromatic carbocycles. The molecule has 4 rings (SSSR count). The van der Waals surface area contributed by atoms with Gasteiger partial charge >= 0.3 is 0 Å². The number of para-hydroxylation sites is 1. The number of nitrogens with one attached hydrogen (secondary N) is 2. The quantitative estimate of drug-likeness (QED) is 0.723. The standard InChI is InChI=1S/C25H29N3O4/c1-32-20-13-11-19(12-14-20)28-16-17(15-23(28)29)24(30)27-22-10-6-5-9-21(22)25(31)26-18-7-3-2-4-8-18/h5-6,9-14,17-18H,2-4,7-8,15-16H2,1H3,(H,26,31)(H,27,30)/t17-/m0/s1. The van der Waals surface area contributed by atoms with Crippen LogP contribution in [0.5, 0.6) is 5.75 Å². The van der Waals surface area contributed by atoms with Gasteiger partial charge in [0.05, 0.1) is 24.3 Å². The first-order valence-electron chi connectivity index (χ1n) is 11.2. The first-order chi connectivity index (χ1) is 15.5. The van der Waals surface area contributed by atoms with Gasteiger partial charge < -0.3 is 20.3 Å². The van der Waals surface area contributed by atoms with Crippen molar-refractivity contribution < 1.29 is 19.1 Å². The Morgan fingerprint density at radius 1 is 1.00 bits per heavy atom. The third-order valence-corrected chi connectivity index (χ3v) is 6.25. The van der Waals surface area contributed by atoms with Gasteiger partial charge in [0, 0.05) is 24.7 Å². The minimum Gasteiger partial charge on any atom is -0.497 e.